The van der Waals surface area contributed by atoms with Crippen molar-refractivity contribution < 1.29 is 26.4 Å². The van der Waals surface area contributed by atoms with E-state index in [1.165, 1.54) is 18.2 Å². The number of hydrazine groups is 1. The summed E-state index contributed by atoms with van der Waals surface area (Å²) in [6, 6.07) is 9.72. The van der Waals surface area contributed by atoms with E-state index in [4.69, 9.17) is 0 Å². The smallest absolute Gasteiger partial charge is 0.299 e. The third-order valence-electron chi connectivity index (χ3n) is 4.60. The van der Waals surface area contributed by atoms with Gasteiger partial charge in [0.05, 0.1) is 16.1 Å². The number of nitrogens with zero attached hydrogens (tertiary/aromatic N) is 1. The van der Waals surface area contributed by atoms with Crippen LogP contribution in [0.3, 0.4) is 0 Å². The number of hydrogen-bond donors (Lipinski definition) is 3. The maximum absolute atomic E-state index is 12.9. The summed E-state index contributed by atoms with van der Waals surface area (Å²) in [5.41, 5.74) is 4.39. The van der Waals surface area contributed by atoms with Gasteiger partial charge in [0.25, 0.3) is 15.9 Å². The number of amides is 1. The Hall–Kier alpha value is -3.08. The molecule has 0 saturated heterocycles. The molecule has 1 aliphatic rings. The van der Waals surface area contributed by atoms with E-state index >= 15 is 0 Å². The second-order valence-corrected chi connectivity index (χ2v) is 8.58. The van der Waals surface area contributed by atoms with Crippen LogP contribution in [-0.4, -0.2) is 26.2 Å². The molecule has 7 nitrogen and oxygen atoms in total. The fourth-order valence-corrected chi connectivity index (χ4v) is 4.27. The molecule has 1 amide bonds. The molecule has 1 atom stereocenters. The highest BCUT2D eigenvalue weighted by atomic mass is 32.2. The number of carbonyl (C=O) groups is 1. The van der Waals surface area contributed by atoms with Crippen LogP contribution in [0.2, 0.25) is 0 Å². The lowest BCUT2D eigenvalue weighted by molar-refractivity contribution is -0.137. The number of sulfonamides is 1. The van der Waals surface area contributed by atoms with Crippen LogP contribution in [0.4, 0.5) is 18.9 Å². The normalized spacial score (nSPS) is 17.0. The van der Waals surface area contributed by atoms with E-state index < -0.39 is 33.7 Å². The van der Waals surface area contributed by atoms with Crippen molar-refractivity contribution in [3.05, 3.63) is 59.7 Å². The minimum atomic E-state index is -4.51. The number of unbranched alkanes of at least 4 members (excludes halogenated alkanes) is 1. The number of benzene rings is 2. The molecule has 0 spiro atoms. The van der Waals surface area contributed by atoms with Gasteiger partial charge in [-0.1, -0.05) is 38.0 Å². The van der Waals surface area contributed by atoms with Gasteiger partial charge in [0.15, 0.2) is 0 Å². The molecule has 3 rings (SSSR count). The standard InChI is InChI=1S/C20H21F3N4O3S/c1-2-3-10-16(24-18-15-9-4-5-11-17(15)31(29,30)27-18)19(28)26-25-14-8-6-7-13(12-14)20(21,22)23/h4-9,11-12,16,25H,2-3,10H2,1H3,(H,24,27)(H,26,28). The number of alkyl halides is 3. The highest BCUT2D eigenvalue weighted by molar-refractivity contribution is 7.90. The Balaban J connectivity index is 1.79. The first-order valence-electron chi connectivity index (χ1n) is 9.55. The quantitative estimate of drug-likeness (QED) is 0.558. The first kappa shape index (κ1) is 22.6. The van der Waals surface area contributed by atoms with Crippen molar-refractivity contribution in [3.63, 3.8) is 0 Å². The average Bonchev–Trinajstić information content (AvgIpc) is 2.99. The number of fused-ring (bicyclic) bond motifs is 1. The molecule has 0 bridgehead atoms. The molecule has 1 unspecified atom stereocenters. The minimum absolute atomic E-state index is 0.0528. The van der Waals surface area contributed by atoms with Crippen molar-refractivity contribution in [3.8, 4) is 0 Å². The van der Waals surface area contributed by atoms with Gasteiger partial charge in [0.2, 0.25) is 0 Å². The highest BCUT2D eigenvalue weighted by Crippen LogP contribution is 2.30. The zero-order valence-electron chi connectivity index (χ0n) is 16.5. The van der Waals surface area contributed by atoms with Crippen molar-refractivity contribution >= 4 is 27.5 Å². The summed E-state index contributed by atoms with van der Waals surface area (Å²) in [7, 11) is -3.76. The largest absolute Gasteiger partial charge is 0.416 e. The number of anilines is 1. The summed E-state index contributed by atoms with van der Waals surface area (Å²) in [6.45, 7) is 1.93. The molecule has 31 heavy (non-hydrogen) atoms. The van der Waals surface area contributed by atoms with Crippen molar-refractivity contribution in [2.24, 2.45) is 4.99 Å². The fourth-order valence-electron chi connectivity index (χ4n) is 3.03. The minimum Gasteiger partial charge on any atom is -0.299 e. The van der Waals surface area contributed by atoms with Gasteiger partial charge in [0, 0.05) is 5.56 Å². The Kier molecular flexibility index (Phi) is 6.54. The number of nitrogens with one attached hydrogen (secondary N) is 3. The lowest BCUT2D eigenvalue weighted by Crippen LogP contribution is -2.38. The van der Waals surface area contributed by atoms with Crippen LogP contribution >= 0.6 is 0 Å². The summed E-state index contributed by atoms with van der Waals surface area (Å²) < 4.78 is 65.4. The Morgan fingerprint density at radius 3 is 2.61 bits per heavy atom. The highest BCUT2D eigenvalue weighted by Gasteiger charge is 2.32. The monoisotopic (exact) mass is 454 g/mol. The van der Waals surface area contributed by atoms with Gasteiger partial charge in [0.1, 0.15) is 11.9 Å². The number of hydrogen-bond acceptors (Lipinski definition) is 5. The number of carbonyl (C=O) groups excluding carboxylic acids is 1. The topological polar surface area (TPSA) is 99.7 Å². The van der Waals surface area contributed by atoms with E-state index in [1.54, 1.807) is 18.2 Å². The van der Waals surface area contributed by atoms with Gasteiger partial charge in [-0.15, -0.1) is 0 Å². The summed E-state index contributed by atoms with van der Waals surface area (Å²) in [4.78, 5) is 17.1. The van der Waals surface area contributed by atoms with Gasteiger partial charge in [-0.05, 0) is 36.8 Å². The van der Waals surface area contributed by atoms with Crippen molar-refractivity contribution in [1.29, 1.82) is 0 Å². The molecular formula is C20H21F3N4O3S. The Labute approximate surface area is 177 Å². The molecule has 166 valence electrons. The molecule has 0 saturated carbocycles. The molecule has 3 N–H and O–H groups in total. The molecule has 11 heteroatoms. The zero-order valence-corrected chi connectivity index (χ0v) is 17.3. The van der Waals surface area contributed by atoms with Gasteiger partial charge in [-0.25, -0.2) is 8.42 Å². The first-order chi connectivity index (χ1) is 14.6. The number of amidine groups is 1. The van der Waals surface area contributed by atoms with E-state index in [0.717, 1.165) is 18.6 Å². The fraction of sp³-hybridized carbons (Fsp3) is 0.300. The second kappa shape index (κ2) is 8.96. The Morgan fingerprint density at radius 1 is 1.16 bits per heavy atom. The van der Waals surface area contributed by atoms with Crippen LogP contribution in [0.1, 0.15) is 37.3 Å². The van der Waals surface area contributed by atoms with Crippen LogP contribution in [0.25, 0.3) is 0 Å². The molecule has 0 aromatic heterocycles. The summed E-state index contributed by atoms with van der Waals surface area (Å²) in [6.07, 6.45) is -2.75. The molecule has 2 aromatic rings. The van der Waals surface area contributed by atoms with E-state index in [-0.39, 0.29) is 16.4 Å². The average molecular weight is 454 g/mol. The first-order valence-corrected chi connectivity index (χ1v) is 11.0. The molecule has 2 aromatic carbocycles. The van der Waals surface area contributed by atoms with Crippen molar-refractivity contribution in [2.75, 3.05) is 5.43 Å². The summed E-state index contributed by atoms with van der Waals surface area (Å²) in [5, 5.41) is 0. The maximum atomic E-state index is 12.9. The second-order valence-electron chi connectivity index (χ2n) is 6.93. The van der Waals surface area contributed by atoms with Gasteiger partial charge < -0.3 is 0 Å². The molecule has 0 radical (unpaired) electrons. The van der Waals surface area contributed by atoms with E-state index in [1.807, 2.05) is 6.92 Å². The molecular weight excluding hydrogens is 433 g/mol. The van der Waals surface area contributed by atoms with E-state index in [2.05, 4.69) is 20.6 Å². The third kappa shape index (κ3) is 5.35. The molecule has 0 aliphatic carbocycles. The Bertz CT molecular complexity index is 1100. The molecule has 0 fully saturated rings. The molecule has 1 heterocycles. The molecule has 1 aliphatic heterocycles. The number of rotatable bonds is 7. The van der Waals surface area contributed by atoms with Gasteiger partial charge in [-0.3, -0.25) is 25.4 Å². The van der Waals surface area contributed by atoms with Crippen LogP contribution in [-0.2, 0) is 21.0 Å². The van der Waals surface area contributed by atoms with E-state index in [0.29, 0.717) is 18.4 Å². The predicted molar refractivity (Wildman–Crippen MR) is 110 cm³/mol. The number of aliphatic imine (C=N–C) groups is 1. The Morgan fingerprint density at radius 2 is 1.90 bits per heavy atom. The van der Waals surface area contributed by atoms with Gasteiger partial charge in [-0.2, -0.15) is 13.2 Å². The van der Waals surface area contributed by atoms with Crippen LogP contribution in [0, 0.1) is 0 Å². The summed E-state index contributed by atoms with van der Waals surface area (Å²) >= 11 is 0. The van der Waals surface area contributed by atoms with Crippen LogP contribution in [0.5, 0.6) is 0 Å². The third-order valence-corrected chi connectivity index (χ3v) is 6.00. The van der Waals surface area contributed by atoms with Gasteiger partial charge >= 0.3 is 6.18 Å². The lowest BCUT2D eigenvalue weighted by Gasteiger charge is -2.16. The van der Waals surface area contributed by atoms with Crippen molar-refractivity contribution in [1.82, 2.24) is 10.1 Å². The predicted octanol–water partition coefficient (Wildman–Crippen LogP) is 3.45. The van der Waals surface area contributed by atoms with Crippen LogP contribution in [0.15, 0.2) is 58.4 Å². The lowest BCUT2D eigenvalue weighted by atomic mass is 10.1. The van der Waals surface area contributed by atoms with Crippen molar-refractivity contribution in [2.45, 2.75) is 43.3 Å². The number of halogens is 3. The summed E-state index contributed by atoms with van der Waals surface area (Å²) in [5.74, 6) is -0.534. The SMILES string of the molecule is CCCCC(N=C1NS(=O)(=O)c2ccccc21)C(=O)NNc1cccc(C(F)(F)F)c1. The van der Waals surface area contributed by atoms with E-state index in [9.17, 15) is 26.4 Å². The maximum Gasteiger partial charge on any atom is 0.416 e. The van der Waals surface area contributed by atoms with Crippen LogP contribution < -0.4 is 15.6 Å². The zero-order chi connectivity index (χ0) is 22.6.